The quantitative estimate of drug-likeness (QED) is 0.535. The molecule has 0 N–H and O–H groups in total. The fourth-order valence-electron chi connectivity index (χ4n) is 0.568. The molecule has 0 spiro atoms. The van der Waals surface area contributed by atoms with E-state index < -0.39 is 14.8 Å². The van der Waals surface area contributed by atoms with Crippen LogP contribution in [0, 0.1) is 0 Å². The van der Waals surface area contributed by atoms with Crippen molar-refractivity contribution in [3.05, 3.63) is 0 Å². The molecule has 0 atom stereocenters. The molecule has 0 aliphatic heterocycles. The topological polar surface area (TPSA) is 18.5 Å². The first-order valence-corrected chi connectivity index (χ1v) is 4.66. The Labute approximate surface area is 55.9 Å². The van der Waals surface area contributed by atoms with Gasteiger partial charge in [-0.2, -0.15) is 0 Å². The molecular weight excluding hydrogens is 119 g/mol. The van der Waals surface area contributed by atoms with Gasteiger partial charge >= 0.3 is 14.8 Å². The highest BCUT2D eigenvalue weighted by molar-refractivity contribution is 6.44. The van der Waals surface area contributed by atoms with Crippen LogP contribution in [-0.2, 0) is 7.58 Å². The highest BCUT2D eigenvalue weighted by atomic mass is 27.2. The van der Waals surface area contributed by atoms with Crippen molar-refractivity contribution in [2.24, 2.45) is 0 Å². The normalized spacial score (nSPS) is 9.38. The lowest BCUT2D eigenvalue weighted by Gasteiger charge is -2.02. The summed E-state index contributed by atoms with van der Waals surface area (Å²) >= 11 is -1.19. The highest BCUT2D eigenvalue weighted by Crippen LogP contribution is 1.96. The molecule has 3 heteroatoms. The molecule has 0 aliphatic rings. The van der Waals surface area contributed by atoms with Gasteiger partial charge in [0, 0.05) is 14.2 Å². The van der Waals surface area contributed by atoms with Gasteiger partial charge in [0.15, 0.2) is 0 Å². The van der Waals surface area contributed by atoms with Crippen molar-refractivity contribution in [2.75, 3.05) is 14.2 Å². The van der Waals surface area contributed by atoms with Gasteiger partial charge in [-0.25, -0.2) is 0 Å². The maximum Gasteiger partial charge on any atom is 0.674 e. The summed E-state index contributed by atoms with van der Waals surface area (Å²) in [5, 5.41) is 1.12. The Kier molecular flexibility index (Phi) is 5.90. The van der Waals surface area contributed by atoms with Crippen LogP contribution in [0.2, 0.25) is 5.28 Å². The van der Waals surface area contributed by atoms with E-state index in [9.17, 15) is 0 Å². The lowest BCUT2D eigenvalue weighted by atomic mass is 10.6. The van der Waals surface area contributed by atoms with Crippen molar-refractivity contribution >= 4 is 14.8 Å². The zero-order chi connectivity index (χ0) is 6.41. The smallest absolute Gasteiger partial charge is 0.481 e. The largest absolute Gasteiger partial charge is 0.674 e. The van der Waals surface area contributed by atoms with E-state index in [1.54, 1.807) is 14.2 Å². The zero-order valence-electron chi connectivity index (χ0n) is 5.81. The minimum Gasteiger partial charge on any atom is -0.481 e. The summed E-state index contributed by atoms with van der Waals surface area (Å²) in [7, 11) is 3.44. The van der Waals surface area contributed by atoms with Crippen LogP contribution in [0.5, 0.6) is 0 Å². The summed E-state index contributed by atoms with van der Waals surface area (Å²) in [6.07, 6.45) is 1.17. The Morgan fingerprint density at radius 2 is 1.75 bits per heavy atom. The van der Waals surface area contributed by atoms with E-state index in [0.29, 0.717) is 0 Å². The summed E-state index contributed by atoms with van der Waals surface area (Å²) < 4.78 is 10.1. The standard InChI is InChI=1S/C3H7.2CH3O.Al/c1-3-2;2*1-2;/h1,3H2,2H3;2*1H3;/q;2*-1;+2. The summed E-state index contributed by atoms with van der Waals surface area (Å²) in [4.78, 5) is 0. The van der Waals surface area contributed by atoms with Crippen molar-refractivity contribution in [1.82, 2.24) is 0 Å². The molecule has 0 radical (unpaired) electrons. The third-order valence-electron chi connectivity index (χ3n) is 1.05. The van der Waals surface area contributed by atoms with E-state index in [-0.39, 0.29) is 0 Å². The fourth-order valence-corrected chi connectivity index (χ4v) is 1.70. The number of hydrogen-bond donors (Lipinski definition) is 0. The second-order valence-corrected chi connectivity index (χ2v) is 4.07. The predicted octanol–water partition coefficient (Wildman–Crippen LogP) is 1.18. The van der Waals surface area contributed by atoms with Crippen molar-refractivity contribution in [1.29, 1.82) is 0 Å². The Bertz CT molecular complexity index is 45.7. The van der Waals surface area contributed by atoms with Gasteiger partial charge in [-0.1, -0.05) is 13.3 Å². The molecule has 0 rings (SSSR count). The lowest BCUT2D eigenvalue weighted by molar-refractivity contribution is 0.277. The van der Waals surface area contributed by atoms with E-state index in [2.05, 4.69) is 6.92 Å². The first-order chi connectivity index (χ1) is 3.85. The molecule has 0 amide bonds. The third kappa shape index (κ3) is 3.45. The van der Waals surface area contributed by atoms with Crippen LogP contribution in [0.4, 0.5) is 0 Å². The maximum atomic E-state index is 5.06. The van der Waals surface area contributed by atoms with Gasteiger partial charge < -0.3 is 7.58 Å². The maximum absolute atomic E-state index is 5.06. The molecule has 0 saturated heterocycles. The molecule has 0 bridgehead atoms. The first-order valence-electron chi connectivity index (χ1n) is 2.90. The molecular formula is C5H13AlO2. The first kappa shape index (κ1) is 8.45. The summed E-state index contributed by atoms with van der Waals surface area (Å²) in [6, 6.07) is 0. The zero-order valence-corrected chi connectivity index (χ0v) is 6.96. The Morgan fingerprint density at radius 1 is 1.25 bits per heavy atom. The van der Waals surface area contributed by atoms with Gasteiger partial charge in [0.05, 0.1) is 0 Å². The molecule has 0 heterocycles. The van der Waals surface area contributed by atoms with E-state index in [4.69, 9.17) is 7.58 Å². The van der Waals surface area contributed by atoms with Crippen LogP contribution in [-0.4, -0.2) is 29.0 Å². The fraction of sp³-hybridized carbons (Fsp3) is 1.00. The minimum absolute atomic E-state index is 1.12. The van der Waals surface area contributed by atoms with E-state index in [0.717, 1.165) is 5.28 Å². The second-order valence-electron chi connectivity index (χ2n) is 1.69. The van der Waals surface area contributed by atoms with Crippen LogP contribution in [0.25, 0.3) is 0 Å². The van der Waals surface area contributed by atoms with Crippen LogP contribution >= 0.6 is 0 Å². The molecule has 0 aromatic carbocycles. The molecule has 0 saturated carbocycles. The van der Waals surface area contributed by atoms with Gasteiger partial charge in [0.2, 0.25) is 0 Å². The van der Waals surface area contributed by atoms with Crippen LogP contribution in [0.1, 0.15) is 13.3 Å². The summed E-state index contributed by atoms with van der Waals surface area (Å²) in [5.74, 6) is 0. The molecule has 8 heavy (non-hydrogen) atoms. The Balaban J connectivity index is 3.07. The SMILES string of the molecule is CC[CH2][Al]([O]C)[O]C. The Hall–Kier alpha value is 0.452. The molecule has 0 aliphatic carbocycles. The highest BCUT2D eigenvalue weighted by Gasteiger charge is 2.18. The monoisotopic (exact) mass is 132 g/mol. The summed E-state index contributed by atoms with van der Waals surface area (Å²) in [5.41, 5.74) is 0. The Morgan fingerprint density at radius 3 is 1.88 bits per heavy atom. The molecule has 2 nitrogen and oxygen atoms in total. The third-order valence-corrected chi connectivity index (χ3v) is 3.15. The predicted molar refractivity (Wildman–Crippen MR) is 34.9 cm³/mol. The number of hydrogen-bond acceptors (Lipinski definition) is 2. The van der Waals surface area contributed by atoms with Crippen molar-refractivity contribution in [3.8, 4) is 0 Å². The average Bonchev–Trinajstić information content (AvgIpc) is 1.83. The lowest BCUT2D eigenvalue weighted by Crippen LogP contribution is -2.17. The average molecular weight is 132 g/mol. The van der Waals surface area contributed by atoms with Gasteiger partial charge in [0.25, 0.3) is 0 Å². The van der Waals surface area contributed by atoms with Crippen LogP contribution in [0.15, 0.2) is 0 Å². The van der Waals surface area contributed by atoms with Gasteiger partial charge in [0.1, 0.15) is 0 Å². The molecule has 48 valence electrons. The molecule has 0 unspecified atom stereocenters. The van der Waals surface area contributed by atoms with Crippen LogP contribution < -0.4 is 0 Å². The van der Waals surface area contributed by atoms with Gasteiger partial charge in [-0.05, 0) is 5.28 Å². The molecule has 0 aromatic heterocycles. The van der Waals surface area contributed by atoms with Crippen molar-refractivity contribution in [2.45, 2.75) is 18.6 Å². The van der Waals surface area contributed by atoms with Crippen LogP contribution in [0.3, 0.4) is 0 Å². The van der Waals surface area contributed by atoms with Crippen molar-refractivity contribution in [3.63, 3.8) is 0 Å². The minimum atomic E-state index is -1.19. The van der Waals surface area contributed by atoms with Crippen molar-refractivity contribution < 1.29 is 7.58 Å². The van der Waals surface area contributed by atoms with E-state index in [1.807, 2.05) is 0 Å². The van der Waals surface area contributed by atoms with E-state index >= 15 is 0 Å². The second kappa shape index (κ2) is 5.59. The molecule has 0 fully saturated rings. The summed E-state index contributed by atoms with van der Waals surface area (Å²) in [6.45, 7) is 2.14. The van der Waals surface area contributed by atoms with Gasteiger partial charge in [-0.15, -0.1) is 0 Å². The molecule has 0 aromatic rings. The number of rotatable bonds is 4. The van der Waals surface area contributed by atoms with E-state index in [1.165, 1.54) is 6.42 Å². The van der Waals surface area contributed by atoms with Gasteiger partial charge in [-0.3, -0.25) is 0 Å².